The van der Waals surface area contributed by atoms with E-state index in [-0.39, 0.29) is 11.5 Å². The van der Waals surface area contributed by atoms with E-state index >= 15 is 0 Å². The summed E-state index contributed by atoms with van der Waals surface area (Å²) in [7, 11) is 0. The maximum atomic E-state index is 13.4. The molecule has 1 amide bonds. The van der Waals surface area contributed by atoms with Crippen LogP contribution < -0.4 is 10.9 Å². The number of hydrogen-bond acceptors (Lipinski definition) is 5. The molecule has 4 aromatic rings. The van der Waals surface area contributed by atoms with Crippen LogP contribution in [0, 0.1) is 20.8 Å². The number of nitrogens with zero attached hydrogens (tertiary/aromatic N) is 4. The SMILES string of the molecule is CC[C@@H](C(=O)NCCc1ccc(SC)cc1)n1nc(C)c2c(C)n(-c3ccc(C)cc3)nc2c1=O. The van der Waals surface area contributed by atoms with Gasteiger partial charge in [0.15, 0.2) is 5.52 Å². The Morgan fingerprint density at radius 2 is 1.71 bits per heavy atom. The Morgan fingerprint density at radius 1 is 1.03 bits per heavy atom. The van der Waals surface area contributed by atoms with Crippen molar-refractivity contribution in [2.45, 2.75) is 51.5 Å². The average molecular weight is 490 g/mol. The zero-order valence-corrected chi connectivity index (χ0v) is 21.6. The lowest BCUT2D eigenvalue weighted by Gasteiger charge is -2.17. The molecule has 0 radical (unpaired) electrons. The fourth-order valence-corrected chi connectivity index (χ4v) is 4.72. The highest BCUT2D eigenvalue weighted by Crippen LogP contribution is 2.22. The van der Waals surface area contributed by atoms with Gasteiger partial charge in [-0.05, 0) is 69.7 Å². The molecule has 0 aliphatic carbocycles. The number of nitrogens with one attached hydrogen (secondary N) is 1. The molecule has 0 bridgehead atoms. The van der Waals surface area contributed by atoms with Crippen molar-refractivity contribution in [1.82, 2.24) is 24.9 Å². The Labute approximate surface area is 209 Å². The molecular formula is C27H31N5O2S. The van der Waals surface area contributed by atoms with E-state index in [4.69, 9.17) is 0 Å². The standard InChI is InChI=1S/C27H31N5O2S/c1-6-23(26(33)28-16-15-20-9-13-22(35-5)14-10-20)32-27(34)25-24(18(3)29-32)19(4)31(30-25)21-11-7-17(2)8-12-21/h7-14,23H,6,15-16H2,1-5H3,(H,28,33)/t23-/m0/s1. The van der Waals surface area contributed by atoms with E-state index in [1.807, 2.05) is 58.2 Å². The maximum absolute atomic E-state index is 13.4. The summed E-state index contributed by atoms with van der Waals surface area (Å²) < 4.78 is 3.07. The van der Waals surface area contributed by atoms with Gasteiger partial charge in [0.05, 0.1) is 22.5 Å². The molecule has 2 heterocycles. The Hall–Kier alpha value is -3.39. The molecule has 8 heteroatoms. The van der Waals surface area contributed by atoms with Crippen molar-refractivity contribution in [3.63, 3.8) is 0 Å². The zero-order valence-electron chi connectivity index (χ0n) is 20.8. The predicted octanol–water partition coefficient (Wildman–Crippen LogP) is 4.54. The fourth-order valence-electron chi connectivity index (χ4n) is 4.31. The van der Waals surface area contributed by atoms with Gasteiger partial charge in [-0.15, -0.1) is 11.8 Å². The largest absolute Gasteiger partial charge is 0.354 e. The minimum atomic E-state index is -0.700. The first-order valence-electron chi connectivity index (χ1n) is 11.8. The van der Waals surface area contributed by atoms with E-state index in [1.165, 1.54) is 9.58 Å². The number of carbonyl (C=O) groups excluding carboxylic acids is 1. The van der Waals surface area contributed by atoms with Crippen LogP contribution in [0.3, 0.4) is 0 Å². The fraction of sp³-hybridized carbons (Fsp3) is 0.333. The quantitative estimate of drug-likeness (QED) is 0.368. The lowest BCUT2D eigenvalue weighted by atomic mass is 10.1. The van der Waals surface area contributed by atoms with Crippen molar-refractivity contribution >= 4 is 28.6 Å². The van der Waals surface area contributed by atoms with Crippen LogP contribution in [0.5, 0.6) is 0 Å². The first-order valence-corrected chi connectivity index (χ1v) is 13.0. The summed E-state index contributed by atoms with van der Waals surface area (Å²) >= 11 is 1.70. The van der Waals surface area contributed by atoms with Gasteiger partial charge in [-0.25, -0.2) is 9.36 Å². The Balaban J connectivity index is 1.59. The first-order chi connectivity index (χ1) is 16.8. The summed E-state index contributed by atoms with van der Waals surface area (Å²) in [6.45, 7) is 8.19. The molecule has 7 nitrogen and oxygen atoms in total. The van der Waals surface area contributed by atoms with Gasteiger partial charge in [0.1, 0.15) is 6.04 Å². The molecule has 2 aromatic carbocycles. The highest BCUT2D eigenvalue weighted by Gasteiger charge is 2.25. The molecule has 2 aromatic heterocycles. The summed E-state index contributed by atoms with van der Waals surface area (Å²) in [5.74, 6) is -0.212. The lowest BCUT2D eigenvalue weighted by Crippen LogP contribution is -2.39. The topological polar surface area (TPSA) is 81.8 Å². The Kier molecular flexibility index (Phi) is 7.40. The van der Waals surface area contributed by atoms with E-state index in [2.05, 4.69) is 39.8 Å². The van der Waals surface area contributed by atoms with Crippen molar-refractivity contribution in [1.29, 1.82) is 0 Å². The van der Waals surface area contributed by atoms with Crippen molar-refractivity contribution in [2.75, 3.05) is 12.8 Å². The van der Waals surface area contributed by atoms with Crippen LogP contribution in [0.4, 0.5) is 0 Å². The summed E-state index contributed by atoms with van der Waals surface area (Å²) in [6.07, 6.45) is 3.21. The van der Waals surface area contributed by atoms with Gasteiger partial charge in [-0.1, -0.05) is 36.8 Å². The molecule has 0 aliphatic heterocycles. The number of aromatic nitrogens is 4. The predicted molar refractivity (Wildman–Crippen MR) is 142 cm³/mol. The third-order valence-electron chi connectivity index (χ3n) is 6.28. The van der Waals surface area contributed by atoms with Crippen molar-refractivity contribution in [3.8, 4) is 5.69 Å². The smallest absolute Gasteiger partial charge is 0.295 e. The summed E-state index contributed by atoms with van der Waals surface area (Å²) in [4.78, 5) is 27.7. The number of benzene rings is 2. The minimum Gasteiger partial charge on any atom is -0.354 e. The molecular weight excluding hydrogens is 458 g/mol. The zero-order chi connectivity index (χ0) is 25.1. The molecule has 0 aliphatic rings. The number of hydrogen-bond donors (Lipinski definition) is 1. The van der Waals surface area contributed by atoms with Gasteiger partial charge < -0.3 is 5.32 Å². The van der Waals surface area contributed by atoms with Gasteiger partial charge in [0, 0.05) is 11.4 Å². The Morgan fingerprint density at radius 3 is 2.34 bits per heavy atom. The van der Waals surface area contributed by atoms with Crippen LogP contribution in [-0.2, 0) is 11.2 Å². The van der Waals surface area contributed by atoms with Gasteiger partial charge in [0.25, 0.3) is 5.56 Å². The third kappa shape index (κ3) is 5.03. The third-order valence-corrected chi connectivity index (χ3v) is 7.03. The number of rotatable bonds is 8. The van der Waals surface area contributed by atoms with Crippen LogP contribution in [-0.4, -0.2) is 38.3 Å². The second-order valence-electron chi connectivity index (χ2n) is 8.70. The van der Waals surface area contributed by atoms with E-state index in [0.717, 1.165) is 34.3 Å². The van der Waals surface area contributed by atoms with Gasteiger partial charge >= 0.3 is 0 Å². The summed E-state index contributed by atoms with van der Waals surface area (Å²) in [5.41, 5.74) is 4.69. The first kappa shape index (κ1) is 24.7. The summed E-state index contributed by atoms with van der Waals surface area (Å²) in [5, 5.41) is 12.9. The van der Waals surface area contributed by atoms with Crippen LogP contribution in [0.2, 0.25) is 0 Å². The number of fused-ring (bicyclic) bond motifs is 1. The van der Waals surface area contributed by atoms with Crippen molar-refractivity contribution in [2.24, 2.45) is 0 Å². The lowest BCUT2D eigenvalue weighted by molar-refractivity contribution is -0.124. The van der Waals surface area contributed by atoms with Gasteiger partial charge in [-0.2, -0.15) is 10.2 Å². The molecule has 35 heavy (non-hydrogen) atoms. The molecule has 0 saturated heterocycles. The van der Waals surface area contributed by atoms with Crippen LogP contribution >= 0.6 is 11.8 Å². The van der Waals surface area contributed by atoms with Crippen molar-refractivity contribution in [3.05, 3.63) is 81.4 Å². The molecule has 4 rings (SSSR count). The normalized spacial score (nSPS) is 12.1. The molecule has 1 N–H and O–H groups in total. The highest BCUT2D eigenvalue weighted by atomic mass is 32.2. The monoisotopic (exact) mass is 489 g/mol. The van der Waals surface area contributed by atoms with E-state index in [1.54, 1.807) is 16.4 Å². The molecule has 182 valence electrons. The average Bonchev–Trinajstić information content (AvgIpc) is 3.21. The molecule has 0 saturated carbocycles. The van der Waals surface area contributed by atoms with E-state index in [0.29, 0.717) is 24.2 Å². The molecule has 0 fully saturated rings. The van der Waals surface area contributed by atoms with Crippen molar-refractivity contribution < 1.29 is 4.79 Å². The second-order valence-corrected chi connectivity index (χ2v) is 9.58. The van der Waals surface area contributed by atoms with Crippen LogP contribution in [0.1, 0.15) is 41.9 Å². The second kappa shape index (κ2) is 10.5. The number of carbonyl (C=O) groups is 1. The van der Waals surface area contributed by atoms with Gasteiger partial charge in [0.2, 0.25) is 5.91 Å². The summed E-state index contributed by atoms with van der Waals surface area (Å²) in [6, 6.07) is 15.6. The highest BCUT2D eigenvalue weighted by molar-refractivity contribution is 7.98. The number of amides is 1. The Bertz CT molecular complexity index is 1410. The molecule has 0 unspecified atom stereocenters. The number of aryl methyl sites for hydroxylation is 3. The van der Waals surface area contributed by atoms with Gasteiger partial charge in [-0.3, -0.25) is 9.59 Å². The van der Waals surface area contributed by atoms with Crippen LogP contribution in [0.15, 0.2) is 58.2 Å². The number of thioether (sulfide) groups is 1. The molecule has 1 atom stereocenters. The minimum absolute atomic E-state index is 0.212. The van der Waals surface area contributed by atoms with E-state index < -0.39 is 6.04 Å². The van der Waals surface area contributed by atoms with E-state index in [9.17, 15) is 9.59 Å². The molecule has 0 spiro atoms. The van der Waals surface area contributed by atoms with Crippen LogP contribution in [0.25, 0.3) is 16.6 Å². The maximum Gasteiger partial charge on any atom is 0.295 e.